The fourth-order valence-corrected chi connectivity index (χ4v) is 2.46. The molecule has 140 valence electrons. The Labute approximate surface area is 155 Å². The number of nitrogens with zero attached hydrogens (tertiary/aromatic N) is 3. The molecule has 0 saturated heterocycles. The van der Waals surface area contributed by atoms with Crippen molar-refractivity contribution >= 4 is 22.8 Å². The fraction of sp³-hybridized carbons (Fsp3) is 0.263. The van der Waals surface area contributed by atoms with Gasteiger partial charge in [-0.05, 0) is 32.0 Å². The summed E-state index contributed by atoms with van der Waals surface area (Å²) in [5, 5.41) is 0.703. The number of aromatic nitrogens is 2. The van der Waals surface area contributed by atoms with Crippen LogP contribution in [0.4, 0.5) is 0 Å². The molecule has 2 heterocycles. The average molecular weight is 369 g/mol. The Morgan fingerprint density at radius 2 is 1.85 bits per heavy atom. The van der Waals surface area contributed by atoms with E-state index in [1.54, 1.807) is 40.1 Å². The van der Waals surface area contributed by atoms with Crippen molar-refractivity contribution in [2.24, 2.45) is 0 Å². The van der Waals surface area contributed by atoms with Crippen molar-refractivity contribution in [1.82, 2.24) is 14.9 Å². The number of aryl methyl sites for hydroxylation is 1. The summed E-state index contributed by atoms with van der Waals surface area (Å²) in [5.41, 5.74) is 0.822. The molecule has 0 N–H and O–H groups in total. The van der Waals surface area contributed by atoms with Crippen LogP contribution in [0.25, 0.3) is 11.0 Å². The van der Waals surface area contributed by atoms with Gasteiger partial charge in [-0.2, -0.15) is 0 Å². The highest BCUT2D eigenvalue weighted by Gasteiger charge is 2.17. The maximum Gasteiger partial charge on any atom is 0.338 e. The van der Waals surface area contributed by atoms with Crippen LogP contribution in [-0.4, -0.2) is 47.4 Å². The summed E-state index contributed by atoms with van der Waals surface area (Å²) in [6, 6.07) is 5.00. The Morgan fingerprint density at radius 3 is 2.48 bits per heavy atom. The van der Waals surface area contributed by atoms with Gasteiger partial charge in [-0.25, -0.2) is 14.8 Å². The van der Waals surface area contributed by atoms with Crippen LogP contribution in [0.15, 0.2) is 35.0 Å². The van der Waals surface area contributed by atoms with E-state index in [4.69, 9.17) is 13.9 Å². The lowest BCUT2D eigenvalue weighted by molar-refractivity contribution is 0.0526. The van der Waals surface area contributed by atoms with Crippen LogP contribution >= 0.6 is 0 Å². The Morgan fingerprint density at radius 1 is 1.15 bits per heavy atom. The van der Waals surface area contributed by atoms with Crippen molar-refractivity contribution in [2.75, 3.05) is 20.7 Å². The number of furan rings is 1. The van der Waals surface area contributed by atoms with Crippen molar-refractivity contribution < 1.29 is 23.5 Å². The third-order valence-corrected chi connectivity index (χ3v) is 3.69. The monoisotopic (exact) mass is 369 g/mol. The van der Waals surface area contributed by atoms with Crippen LogP contribution in [0.1, 0.15) is 33.7 Å². The van der Waals surface area contributed by atoms with Gasteiger partial charge >= 0.3 is 5.97 Å². The van der Waals surface area contributed by atoms with Gasteiger partial charge in [-0.3, -0.25) is 4.79 Å². The molecule has 0 atom stereocenters. The molecule has 0 fully saturated rings. The maximum atomic E-state index is 12.1. The number of ether oxygens (including phenoxy) is 2. The Hall–Kier alpha value is -3.42. The number of hydrogen-bond donors (Lipinski definition) is 0. The van der Waals surface area contributed by atoms with E-state index in [0.717, 1.165) is 0 Å². The van der Waals surface area contributed by atoms with E-state index in [9.17, 15) is 9.59 Å². The summed E-state index contributed by atoms with van der Waals surface area (Å²) in [7, 11) is 3.24. The second-order valence-electron chi connectivity index (χ2n) is 6.01. The van der Waals surface area contributed by atoms with Crippen LogP contribution in [-0.2, 0) is 4.74 Å². The van der Waals surface area contributed by atoms with Crippen LogP contribution in [0.3, 0.4) is 0 Å². The molecule has 8 heteroatoms. The van der Waals surface area contributed by atoms with Gasteiger partial charge in [0.2, 0.25) is 5.82 Å². The summed E-state index contributed by atoms with van der Waals surface area (Å²) in [5.74, 6) is 0.699. The molecular formula is C19H19N3O5. The first-order valence-electron chi connectivity index (χ1n) is 8.32. The van der Waals surface area contributed by atoms with Gasteiger partial charge in [0.25, 0.3) is 5.91 Å². The van der Waals surface area contributed by atoms with Gasteiger partial charge < -0.3 is 18.8 Å². The molecule has 2 aromatic heterocycles. The highest BCUT2D eigenvalue weighted by atomic mass is 16.5. The quantitative estimate of drug-likeness (QED) is 0.637. The summed E-state index contributed by atoms with van der Waals surface area (Å²) in [4.78, 5) is 33.4. The zero-order valence-electron chi connectivity index (χ0n) is 15.5. The molecule has 1 amide bonds. The van der Waals surface area contributed by atoms with Crippen molar-refractivity contribution in [3.8, 4) is 11.5 Å². The van der Waals surface area contributed by atoms with Gasteiger partial charge in [0.1, 0.15) is 17.1 Å². The van der Waals surface area contributed by atoms with Crippen molar-refractivity contribution in [3.05, 3.63) is 47.7 Å². The van der Waals surface area contributed by atoms with E-state index in [2.05, 4.69) is 9.97 Å². The maximum absolute atomic E-state index is 12.1. The van der Waals surface area contributed by atoms with Crippen molar-refractivity contribution in [3.63, 3.8) is 0 Å². The first kappa shape index (κ1) is 18.4. The average Bonchev–Trinajstić information content (AvgIpc) is 3.02. The molecule has 0 aliphatic carbocycles. The number of rotatable bonds is 5. The Balaban J connectivity index is 1.95. The lowest BCUT2D eigenvalue weighted by Crippen LogP contribution is -2.23. The molecule has 0 bridgehead atoms. The summed E-state index contributed by atoms with van der Waals surface area (Å²) in [6.45, 7) is 3.80. The SMILES string of the molecule is CCOC(=O)c1cc(Oc2cnc(C(=O)N(C)C)nc2)c2cc(C)oc2c1. The standard InChI is InChI=1S/C19H19N3O5/c1-5-25-19(24)12-7-15-14(6-11(2)26-15)16(8-12)27-13-9-20-17(21-10-13)18(23)22(3)4/h6-10H,5H2,1-4H3. The fourth-order valence-electron chi connectivity index (χ4n) is 2.46. The third-order valence-electron chi connectivity index (χ3n) is 3.69. The molecule has 27 heavy (non-hydrogen) atoms. The van der Waals surface area contributed by atoms with E-state index >= 15 is 0 Å². The molecule has 0 unspecified atom stereocenters. The second kappa shape index (κ2) is 7.45. The first-order chi connectivity index (χ1) is 12.9. The van der Waals surface area contributed by atoms with E-state index in [1.807, 2.05) is 6.07 Å². The third kappa shape index (κ3) is 3.89. The number of benzene rings is 1. The zero-order valence-corrected chi connectivity index (χ0v) is 15.5. The first-order valence-corrected chi connectivity index (χ1v) is 8.32. The van der Waals surface area contributed by atoms with Crippen LogP contribution in [0.5, 0.6) is 11.5 Å². The van der Waals surface area contributed by atoms with Gasteiger partial charge in [0.15, 0.2) is 5.75 Å². The minimum absolute atomic E-state index is 0.0666. The molecule has 3 aromatic rings. The van der Waals surface area contributed by atoms with Crippen LogP contribution in [0.2, 0.25) is 0 Å². The minimum Gasteiger partial charge on any atom is -0.462 e. The predicted octanol–water partition coefficient (Wildman–Crippen LogP) is 3.20. The van der Waals surface area contributed by atoms with E-state index in [1.165, 1.54) is 17.3 Å². The molecule has 8 nitrogen and oxygen atoms in total. The normalized spacial score (nSPS) is 10.7. The highest BCUT2D eigenvalue weighted by molar-refractivity contribution is 5.97. The number of carbonyl (C=O) groups excluding carboxylic acids is 2. The smallest absolute Gasteiger partial charge is 0.338 e. The van der Waals surface area contributed by atoms with Gasteiger partial charge in [-0.1, -0.05) is 0 Å². The number of carbonyl (C=O) groups is 2. The van der Waals surface area contributed by atoms with Crippen molar-refractivity contribution in [2.45, 2.75) is 13.8 Å². The van der Waals surface area contributed by atoms with E-state index in [-0.39, 0.29) is 18.3 Å². The lowest BCUT2D eigenvalue weighted by Gasteiger charge is -2.10. The van der Waals surface area contributed by atoms with Gasteiger partial charge in [-0.15, -0.1) is 0 Å². The summed E-state index contributed by atoms with van der Waals surface area (Å²) >= 11 is 0. The van der Waals surface area contributed by atoms with Gasteiger partial charge in [0, 0.05) is 14.1 Å². The predicted molar refractivity (Wildman–Crippen MR) is 97.0 cm³/mol. The molecule has 1 aromatic carbocycles. The number of fused-ring (bicyclic) bond motifs is 1. The topological polar surface area (TPSA) is 94.8 Å². The molecule has 0 aliphatic rings. The molecule has 0 aliphatic heterocycles. The Bertz CT molecular complexity index is 992. The summed E-state index contributed by atoms with van der Waals surface area (Å²) < 4.78 is 16.5. The molecule has 0 spiro atoms. The zero-order chi connectivity index (χ0) is 19.6. The van der Waals surface area contributed by atoms with E-state index in [0.29, 0.717) is 33.8 Å². The number of esters is 1. The summed E-state index contributed by atoms with van der Waals surface area (Å²) in [6.07, 6.45) is 2.80. The van der Waals surface area contributed by atoms with Gasteiger partial charge in [0.05, 0.1) is 30.0 Å². The molecule has 3 rings (SSSR count). The highest BCUT2D eigenvalue weighted by Crippen LogP contribution is 2.33. The lowest BCUT2D eigenvalue weighted by atomic mass is 10.1. The largest absolute Gasteiger partial charge is 0.462 e. The number of amides is 1. The number of hydrogen-bond acceptors (Lipinski definition) is 7. The molecule has 0 radical (unpaired) electrons. The second-order valence-corrected chi connectivity index (χ2v) is 6.01. The molecular weight excluding hydrogens is 350 g/mol. The van der Waals surface area contributed by atoms with Crippen LogP contribution < -0.4 is 4.74 Å². The van der Waals surface area contributed by atoms with Crippen LogP contribution in [0, 0.1) is 6.92 Å². The minimum atomic E-state index is -0.471. The van der Waals surface area contributed by atoms with Crippen molar-refractivity contribution in [1.29, 1.82) is 0 Å². The molecule has 0 saturated carbocycles. The van der Waals surface area contributed by atoms with E-state index < -0.39 is 5.97 Å². The Kier molecular flexibility index (Phi) is 5.07.